The molecule has 2 amide bonds. The van der Waals surface area contributed by atoms with Crippen LogP contribution in [0.4, 0.5) is 16.3 Å². The van der Waals surface area contributed by atoms with E-state index in [-0.39, 0.29) is 11.2 Å². The van der Waals surface area contributed by atoms with Gasteiger partial charge in [0.05, 0.1) is 13.3 Å². The van der Waals surface area contributed by atoms with Gasteiger partial charge in [0.2, 0.25) is 5.78 Å². The second kappa shape index (κ2) is 8.18. The third-order valence-electron chi connectivity index (χ3n) is 4.85. The van der Waals surface area contributed by atoms with Crippen LogP contribution < -0.4 is 15.4 Å². The van der Waals surface area contributed by atoms with Crippen molar-refractivity contribution in [2.75, 3.05) is 17.7 Å². The Hall–Kier alpha value is -4.14. The van der Waals surface area contributed by atoms with E-state index < -0.39 is 6.03 Å². The van der Waals surface area contributed by atoms with E-state index in [4.69, 9.17) is 9.26 Å². The number of pyridine rings is 1. The van der Waals surface area contributed by atoms with Gasteiger partial charge in [0, 0.05) is 28.9 Å². The summed E-state index contributed by atoms with van der Waals surface area (Å²) in [6.45, 7) is 5.97. The molecule has 0 bridgehead atoms. The largest absolute Gasteiger partial charge is 0.493 e. The standard InChI is InChI=1S/C23H23N5O4/c1-23(2,3)18-12-19(27-32-18)26-22(30)25-15-9-7-14(8-10-15)20(29)16-13-24-21-17(31-4)6-5-11-28(16)21/h5-13H,1-4H3,(H2,25,26,27,30). The number of nitrogens with one attached hydrogen (secondary N) is 2. The van der Waals surface area contributed by atoms with Gasteiger partial charge in [-0.25, -0.2) is 9.78 Å². The SMILES string of the molecule is COc1cccn2c(C(=O)c3ccc(NC(=O)Nc4cc(C(C)(C)C)on4)cc3)cnc12. The molecular weight excluding hydrogens is 410 g/mol. The fourth-order valence-corrected chi connectivity index (χ4v) is 3.13. The predicted octanol–water partition coefficient (Wildman–Crippen LogP) is 4.50. The van der Waals surface area contributed by atoms with Crippen LogP contribution in [0.3, 0.4) is 0 Å². The number of rotatable bonds is 5. The van der Waals surface area contributed by atoms with Gasteiger partial charge in [-0.05, 0) is 36.4 Å². The summed E-state index contributed by atoms with van der Waals surface area (Å²) in [5.74, 6) is 1.38. The summed E-state index contributed by atoms with van der Waals surface area (Å²) in [4.78, 5) is 29.5. The van der Waals surface area contributed by atoms with Crippen LogP contribution in [0.1, 0.15) is 42.6 Å². The Bertz CT molecular complexity index is 1280. The summed E-state index contributed by atoms with van der Waals surface area (Å²) >= 11 is 0. The Kier molecular flexibility index (Phi) is 5.40. The maximum Gasteiger partial charge on any atom is 0.324 e. The molecular formula is C23H23N5O4. The van der Waals surface area contributed by atoms with Gasteiger partial charge in [-0.2, -0.15) is 0 Å². The van der Waals surface area contributed by atoms with Crippen LogP contribution >= 0.6 is 0 Å². The quantitative estimate of drug-likeness (QED) is 0.448. The lowest BCUT2D eigenvalue weighted by Gasteiger charge is -2.12. The maximum absolute atomic E-state index is 13.0. The lowest BCUT2D eigenvalue weighted by Crippen LogP contribution is -2.19. The fraction of sp³-hybridized carbons (Fsp3) is 0.217. The normalized spacial score (nSPS) is 11.4. The summed E-state index contributed by atoms with van der Waals surface area (Å²) in [5, 5.41) is 9.19. The number of imidazole rings is 1. The third-order valence-corrected chi connectivity index (χ3v) is 4.85. The molecule has 0 atom stereocenters. The number of aromatic nitrogens is 3. The van der Waals surface area contributed by atoms with Gasteiger partial charge in [0.1, 0.15) is 11.5 Å². The minimum Gasteiger partial charge on any atom is -0.493 e. The number of hydrogen-bond acceptors (Lipinski definition) is 6. The number of urea groups is 1. The number of anilines is 2. The number of methoxy groups -OCH3 is 1. The van der Waals surface area contributed by atoms with Crippen molar-refractivity contribution in [2.24, 2.45) is 0 Å². The van der Waals surface area contributed by atoms with Gasteiger partial charge < -0.3 is 14.6 Å². The van der Waals surface area contributed by atoms with Gasteiger partial charge in [-0.15, -0.1) is 0 Å². The van der Waals surface area contributed by atoms with E-state index in [1.165, 1.54) is 6.20 Å². The minimum atomic E-state index is -0.466. The molecule has 164 valence electrons. The molecule has 0 aliphatic heterocycles. The summed E-state index contributed by atoms with van der Waals surface area (Å²) in [5.41, 5.74) is 1.76. The minimum absolute atomic E-state index is 0.195. The zero-order valence-corrected chi connectivity index (χ0v) is 18.2. The average molecular weight is 433 g/mol. The van der Waals surface area contributed by atoms with Crippen molar-refractivity contribution in [3.8, 4) is 5.75 Å². The monoisotopic (exact) mass is 433 g/mol. The van der Waals surface area contributed by atoms with Crippen molar-refractivity contribution in [1.82, 2.24) is 14.5 Å². The number of amides is 2. The summed E-state index contributed by atoms with van der Waals surface area (Å²) < 4.78 is 12.2. The average Bonchev–Trinajstić information content (AvgIpc) is 3.40. The van der Waals surface area contributed by atoms with Gasteiger partial charge in [-0.3, -0.25) is 14.5 Å². The molecule has 1 aromatic carbocycles. The highest BCUT2D eigenvalue weighted by molar-refractivity contribution is 6.08. The number of nitrogens with zero attached hydrogens (tertiary/aromatic N) is 3. The second-order valence-corrected chi connectivity index (χ2v) is 8.23. The molecule has 0 saturated carbocycles. The molecule has 9 heteroatoms. The zero-order valence-electron chi connectivity index (χ0n) is 18.2. The number of fused-ring (bicyclic) bond motifs is 1. The van der Waals surface area contributed by atoms with E-state index in [0.29, 0.717) is 39.9 Å². The van der Waals surface area contributed by atoms with E-state index in [1.54, 1.807) is 60.2 Å². The molecule has 4 aromatic rings. The molecule has 0 spiro atoms. The van der Waals surface area contributed by atoms with E-state index in [1.807, 2.05) is 20.8 Å². The Morgan fingerprint density at radius 1 is 1.09 bits per heavy atom. The topological polar surface area (TPSA) is 111 Å². The lowest BCUT2D eigenvalue weighted by atomic mass is 9.93. The first kappa shape index (κ1) is 21.1. The van der Waals surface area contributed by atoms with E-state index in [2.05, 4.69) is 20.8 Å². The van der Waals surface area contributed by atoms with Gasteiger partial charge in [0.15, 0.2) is 17.2 Å². The Morgan fingerprint density at radius 2 is 1.84 bits per heavy atom. The van der Waals surface area contributed by atoms with E-state index >= 15 is 0 Å². The smallest absolute Gasteiger partial charge is 0.324 e. The highest BCUT2D eigenvalue weighted by Crippen LogP contribution is 2.25. The first-order valence-electron chi connectivity index (χ1n) is 9.96. The zero-order chi connectivity index (χ0) is 22.9. The molecule has 0 saturated heterocycles. The lowest BCUT2D eigenvalue weighted by molar-refractivity contribution is 0.103. The second-order valence-electron chi connectivity index (χ2n) is 8.23. The number of ketones is 1. The molecule has 0 aliphatic rings. The fourth-order valence-electron chi connectivity index (χ4n) is 3.13. The highest BCUT2D eigenvalue weighted by Gasteiger charge is 2.20. The molecule has 9 nitrogen and oxygen atoms in total. The van der Waals surface area contributed by atoms with Crippen LogP contribution in [0.15, 0.2) is 59.4 Å². The van der Waals surface area contributed by atoms with Crippen molar-refractivity contribution in [2.45, 2.75) is 26.2 Å². The van der Waals surface area contributed by atoms with Crippen molar-refractivity contribution in [3.63, 3.8) is 0 Å². The first-order valence-corrected chi connectivity index (χ1v) is 9.96. The van der Waals surface area contributed by atoms with Crippen molar-refractivity contribution in [1.29, 1.82) is 0 Å². The third kappa shape index (κ3) is 4.18. The van der Waals surface area contributed by atoms with Gasteiger partial charge >= 0.3 is 6.03 Å². The van der Waals surface area contributed by atoms with Crippen LogP contribution in [0.25, 0.3) is 5.65 Å². The molecule has 3 heterocycles. The van der Waals surface area contributed by atoms with Crippen LogP contribution in [-0.2, 0) is 5.41 Å². The molecule has 0 unspecified atom stereocenters. The van der Waals surface area contributed by atoms with E-state index in [9.17, 15) is 9.59 Å². The highest BCUT2D eigenvalue weighted by atomic mass is 16.5. The Morgan fingerprint density at radius 3 is 2.50 bits per heavy atom. The van der Waals surface area contributed by atoms with E-state index in [0.717, 1.165) is 0 Å². The Labute approximate surface area is 184 Å². The molecule has 3 aromatic heterocycles. The molecule has 2 N–H and O–H groups in total. The molecule has 32 heavy (non-hydrogen) atoms. The summed E-state index contributed by atoms with van der Waals surface area (Å²) in [7, 11) is 1.56. The van der Waals surface area contributed by atoms with Crippen LogP contribution in [-0.4, -0.2) is 33.5 Å². The molecule has 4 rings (SSSR count). The van der Waals surface area contributed by atoms with Gasteiger partial charge in [-0.1, -0.05) is 25.9 Å². The van der Waals surface area contributed by atoms with Crippen LogP contribution in [0.2, 0.25) is 0 Å². The number of carbonyl (C=O) groups is 2. The van der Waals surface area contributed by atoms with Crippen LogP contribution in [0.5, 0.6) is 5.75 Å². The van der Waals surface area contributed by atoms with Crippen molar-refractivity contribution >= 4 is 29.0 Å². The maximum atomic E-state index is 13.0. The molecule has 0 aliphatic carbocycles. The van der Waals surface area contributed by atoms with Crippen molar-refractivity contribution in [3.05, 3.63) is 71.9 Å². The van der Waals surface area contributed by atoms with Gasteiger partial charge in [0.25, 0.3) is 0 Å². The number of benzene rings is 1. The predicted molar refractivity (Wildman–Crippen MR) is 119 cm³/mol. The Balaban J connectivity index is 1.45. The van der Waals surface area contributed by atoms with Crippen LogP contribution in [0, 0.1) is 0 Å². The molecule has 0 radical (unpaired) electrons. The molecule has 0 fully saturated rings. The number of ether oxygens (including phenoxy) is 1. The van der Waals surface area contributed by atoms with Crippen molar-refractivity contribution < 1.29 is 18.8 Å². The number of carbonyl (C=O) groups excluding carboxylic acids is 2. The summed E-state index contributed by atoms with van der Waals surface area (Å²) in [6.07, 6.45) is 3.27. The summed E-state index contributed by atoms with van der Waals surface area (Å²) in [6, 6.07) is 11.4. The first-order chi connectivity index (χ1) is 15.3. The number of hydrogen-bond donors (Lipinski definition) is 2.